The summed E-state index contributed by atoms with van der Waals surface area (Å²) in [6.45, 7) is 5.90. The van der Waals surface area contributed by atoms with Crippen LogP contribution in [0.15, 0.2) is 28.7 Å². The lowest BCUT2D eigenvalue weighted by atomic mass is 10.2. The highest BCUT2D eigenvalue weighted by Crippen LogP contribution is 2.21. The van der Waals surface area contributed by atoms with Crippen molar-refractivity contribution in [2.75, 3.05) is 6.54 Å². The van der Waals surface area contributed by atoms with E-state index >= 15 is 0 Å². The number of aromatic nitrogens is 1. The van der Waals surface area contributed by atoms with E-state index in [0.29, 0.717) is 12.2 Å². The predicted octanol–water partition coefficient (Wildman–Crippen LogP) is 3.16. The average molecular weight is 339 g/mol. The summed E-state index contributed by atoms with van der Waals surface area (Å²) in [4.78, 5) is 17.4. The van der Waals surface area contributed by atoms with Gasteiger partial charge in [-0.3, -0.25) is 4.79 Å². The van der Waals surface area contributed by atoms with E-state index in [-0.39, 0.29) is 11.9 Å². The standard InChI is InChI=1S/C15H19BrN2O2/c1-9(2)18(8-10(3)19)15(20)14-7-11-6-12(16)4-5-13(11)17-14/h4-7,9-10,17,19H,8H2,1-3H3. The molecule has 1 atom stereocenters. The molecular formula is C15H19BrN2O2. The van der Waals surface area contributed by atoms with Crippen molar-refractivity contribution < 1.29 is 9.90 Å². The van der Waals surface area contributed by atoms with Gasteiger partial charge in [0.05, 0.1) is 6.10 Å². The minimum atomic E-state index is -0.542. The minimum absolute atomic E-state index is 0.0373. The molecule has 2 aromatic rings. The first-order chi connectivity index (χ1) is 9.38. The number of H-pyrrole nitrogens is 1. The molecule has 0 aliphatic rings. The zero-order valence-corrected chi connectivity index (χ0v) is 13.4. The van der Waals surface area contributed by atoms with Crippen molar-refractivity contribution in [3.63, 3.8) is 0 Å². The molecule has 1 amide bonds. The number of carbonyl (C=O) groups is 1. The summed E-state index contributed by atoms with van der Waals surface area (Å²) in [5, 5.41) is 10.5. The first kappa shape index (κ1) is 15.1. The fourth-order valence-corrected chi connectivity index (χ4v) is 2.57. The number of hydrogen-bond donors (Lipinski definition) is 2. The molecule has 5 heteroatoms. The number of nitrogens with zero attached hydrogens (tertiary/aromatic N) is 1. The van der Waals surface area contributed by atoms with Gasteiger partial charge in [-0.05, 0) is 45.0 Å². The van der Waals surface area contributed by atoms with Crippen molar-refractivity contribution >= 4 is 32.7 Å². The first-order valence-electron chi connectivity index (χ1n) is 6.66. The van der Waals surface area contributed by atoms with Crippen LogP contribution in [0.3, 0.4) is 0 Å². The van der Waals surface area contributed by atoms with E-state index < -0.39 is 6.10 Å². The molecule has 0 spiro atoms. The maximum atomic E-state index is 12.5. The van der Waals surface area contributed by atoms with Gasteiger partial charge in [0.15, 0.2) is 0 Å². The lowest BCUT2D eigenvalue weighted by Gasteiger charge is -2.27. The van der Waals surface area contributed by atoms with Crippen LogP contribution >= 0.6 is 15.9 Å². The Kier molecular flexibility index (Phi) is 4.50. The maximum absolute atomic E-state index is 12.5. The lowest BCUT2D eigenvalue weighted by Crippen LogP contribution is -2.41. The number of aromatic amines is 1. The molecule has 0 fully saturated rings. The maximum Gasteiger partial charge on any atom is 0.270 e. The van der Waals surface area contributed by atoms with E-state index in [0.717, 1.165) is 15.4 Å². The monoisotopic (exact) mass is 338 g/mol. The second-order valence-electron chi connectivity index (χ2n) is 5.31. The molecule has 0 bridgehead atoms. The summed E-state index contributed by atoms with van der Waals surface area (Å²) >= 11 is 3.42. The number of halogens is 1. The van der Waals surface area contributed by atoms with Crippen LogP contribution in [0.25, 0.3) is 10.9 Å². The second kappa shape index (κ2) is 5.97. The van der Waals surface area contributed by atoms with Crippen LogP contribution in [-0.4, -0.2) is 39.6 Å². The third-order valence-electron chi connectivity index (χ3n) is 3.16. The van der Waals surface area contributed by atoms with Crippen molar-refractivity contribution in [1.82, 2.24) is 9.88 Å². The SMILES string of the molecule is CC(O)CN(C(=O)c1cc2cc(Br)ccc2[nH]1)C(C)C. The van der Waals surface area contributed by atoms with E-state index in [2.05, 4.69) is 20.9 Å². The highest BCUT2D eigenvalue weighted by molar-refractivity contribution is 9.10. The lowest BCUT2D eigenvalue weighted by molar-refractivity contribution is 0.0574. The molecule has 108 valence electrons. The average Bonchev–Trinajstić information content (AvgIpc) is 2.77. The number of amides is 1. The number of benzene rings is 1. The number of aliphatic hydroxyl groups excluding tert-OH is 1. The quantitative estimate of drug-likeness (QED) is 0.899. The summed E-state index contributed by atoms with van der Waals surface area (Å²) in [6, 6.07) is 7.72. The third kappa shape index (κ3) is 3.22. The number of hydrogen-bond acceptors (Lipinski definition) is 2. The molecule has 0 aliphatic heterocycles. The van der Waals surface area contributed by atoms with Gasteiger partial charge in [-0.2, -0.15) is 0 Å². The number of aliphatic hydroxyl groups is 1. The van der Waals surface area contributed by atoms with Gasteiger partial charge in [-0.1, -0.05) is 15.9 Å². The topological polar surface area (TPSA) is 56.3 Å². The van der Waals surface area contributed by atoms with Crippen LogP contribution in [0.5, 0.6) is 0 Å². The third-order valence-corrected chi connectivity index (χ3v) is 3.65. The molecule has 2 rings (SSSR count). The van der Waals surface area contributed by atoms with Crippen molar-refractivity contribution in [1.29, 1.82) is 0 Å². The predicted molar refractivity (Wildman–Crippen MR) is 83.9 cm³/mol. The van der Waals surface area contributed by atoms with Gasteiger partial charge in [0, 0.05) is 28.0 Å². The summed E-state index contributed by atoms with van der Waals surface area (Å²) in [6.07, 6.45) is -0.542. The van der Waals surface area contributed by atoms with E-state index in [4.69, 9.17) is 0 Å². The van der Waals surface area contributed by atoms with E-state index in [1.54, 1.807) is 11.8 Å². The zero-order chi connectivity index (χ0) is 14.9. The molecule has 1 aromatic heterocycles. The highest BCUT2D eigenvalue weighted by Gasteiger charge is 2.21. The molecule has 2 N–H and O–H groups in total. The van der Waals surface area contributed by atoms with Crippen LogP contribution in [-0.2, 0) is 0 Å². The van der Waals surface area contributed by atoms with Crippen molar-refractivity contribution in [3.05, 3.63) is 34.4 Å². The molecule has 1 unspecified atom stereocenters. The summed E-state index contributed by atoms with van der Waals surface area (Å²) < 4.78 is 0.979. The van der Waals surface area contributed by atoms with Gasteiger partial charge < -0.3 is 15.0 Å². The molecule has 0 saturated carbocycles. The fourth-order valence-electron chi connectivity index (χ4n) is 2.19. The molecular weight excluding hydrogens is 320 g/mol. The molecule has 0 aliphatic carbocycles. The molecule has 1 heterocycles. The number of nitrogens with one attached hydrogen (secondary N) is 1. The van der Waals surface area contributed by atoms with Crippen LogP contribution < -0.4 is 0 Å². The molecule has 20 heavy (non-hydrogen) atoms. The largest absolute Gasteiger partial charge is 0.392 e. The van der Waals surface area contributed by atoms with Crippen LogP contribution in [0, 0.1) is 0 Å². The Labute approximate surface area is 126 Å². The van der Waals surface area contributed by atoms with Gasteiger partial charge in [0.1, 0.15) is 5.69 Å². The van der Waals surface area contributed by atoms with Crippen LogP contribution in [0.2, 0.25) is 0 Å². The summed E-state index contributed by atoms with van der Waals surface area (Å²) in [5.41, 5.74) is 1.48. The van der Waals surface area contributed by atoms with Crippen molar-refractivity contribution in [3.8, 4) is 0 Å². The van der Waals surface area contributed by atoms with E-state index in [9.17, 15) is 9.90 Å². The summed E-state index contributed by atoms with van der Waals surface area (Å²) in [5.74, 6) is -0.0896. The van der Waals surface area contributed by atoms with Gasteiger partial charge in [0.2, 0.25) is 0 Å². The highest BCUT2D eigenvalue weighted by atomic mass is 79.9. The number of fused-ring (bicyclic) bond motifs is 1. The fraction of sp³-hybridized carbons (Fsp3) is 0.400. The summed E-state index contributed by atoms with van der Waals surface area (Å²) in [7, 11) is 0. The molecule has 4 nitrogen and oxygen atoms in total. The smallest absolute Gasteiger partial charge is 0.270 e. The Morgan fingerprint density at radius 1 is 1.35 bits per heavy atom. The van der Waals surface area contributed by atoms with Crippen molar-refractivity contribution in [2.24, 2.45) is 0 Å². The van der Waals surface area contributed by atoms with Crippen molar-refractivity contribution in [2.45, 2.75) is 32.9 Å². The molecule has 0 radical (unpaired) electrons. The Balaban J connectivity index is 2.33. The minimum Gasteiger partial charge on any atom is -0.392 e. The first-order valence-corrected chi connectivity index (χ1v) is 7.45. The van der Waals surface area contributed by atoms with E-state index in [1.165, 1.54) is 0 Å². The van der Waals surface area contributed by atoms with Gasteiger partial charge in [-0.15, -0.1) is 0 Å². The Morgan fingerprint density at radius 2 is 2.05 bits per heavy atom. The Morgan fingerprint density at radius 3 is 2.65 bits per heavy atom. The number of rotatable bonds is 4. The molecule has 1 aromatic carbocycles. The van der Waals surface area contributed by atoms with Gasteiger partial charge in [-0.25, -0.2) is 0 Å². The van der Waals surface area contributed by atoms with Gasteiger partial charge >= 0.3 is 0 Å². The van der Waals surface area contributed by atoms with Gasteiger partial charge in [0.25, 0.3) is 5.91 Å². The van der Waals surface area contributed by atoms with Crippen LogP contribution in [0.1, 0.15) is 31.3 Å². The normalized spacial score (nSPS) is 12.9. The van der Waals surface area contributed by atoms with Crippen LogP contribution in [0.4, 0.5) is 0 Å². The Bertz CT molecular complexity index is 619. The number of carbonyl (C=O) groups excluding carboxylic acids is 1. The Hall–Kier alpha value is -1.33. The molecule has 0 saturated heterocycles. The second-order valence-corrected chi connectivity index (χ2v) is 6.23. The van der Waals surface area contributed by atoms with E-state index in [1.807, 2.05) is 38.1 Å². The zero-order valence-electron chi connectivity index (χ0n) is 11.9.